The number of methoxy groups -OCH3 is 1. The molecule has 0 atom stereocenters. The number of benzene rings is 2. The van der Waals surface area contributed by atoms with Crippen molar-refractivity contribution in [3.8, 4) is 5.69 Å². The number of aryl methyl sites for hydroxylation is 3. The first-order chi connectivity index (χ1) is 13.8. The second-order valence-electron chi connectivity index (χ2n) is 7.14. The van der Waals surface area contributed by atoms with Crippen molar-refractivity contribution >= 4 is 23.5 Å². The molecule has 0 radical (unpaired) electrons. The predicted octanol–water partition coefficient (Wildman–Crippen LogP) is 5.47. The molecule has 0 N–H and O–H groups in total. The van der Waals surface area contributed by atoms with Crippen molar-refractivity contribution in [1.29, 1.82) is 0 Å². The fraction of sp³-hybridized carbons (Fsp3) is 0.250. The number of carbonyl (C=O) groups excluding carboxylic acids is 2. The molecule has 0 spiro atoms. The summed E-state index contributed by atoms with van der Waals surface area (Å²) in [6.07, 6.45) is 0. The lowest BCUT2D eigenvalue weighted by molar-refractivity contribution is 0.0600. The third kappa shape index (κ3) is 4.46. The van der Waals surface area contributed by atoms with Gasteiger partial charge in [0, 0.05) is 27.5 Å². The Hall–Kier alpha value is -2.79. The molecule has 29 heavy (non-hydrogen) atoms. The van der Waals surface area contributed by atoms with Gasteiger partial charge in [0.15, 0.2) is 5.78 Å². The highest BCUT2D eigenvalue weighted by atomic mass is 32.2. The van der Waals surface area contributed by atoms with Crippen LogP contribution in [0.2, 0.25) is 0 Å². The Kier molecular flexibility index (Phi) is 6.28. The number of hydrogen-bond donors (Lipinski definition) is 0. The Bertz CT molecular complexity index is 1060. The van der Waals surface area contributed by atoms with Gasteiger partial charge in [-0.15, -0.1) is 11.8 Å². The van der Waals surface area contributed by atoms with Crippen LogP contribution < -0.4 is 0 Å². The van der Waals surface area contributed by atoms with E-state index < -0.39 is 0 Å². The molecule has 2 aromatic carbocycles. The monoisotopic (exact) mass is 407 g/mol. The van der Waals surface area contributed by atoms with Gasteiger partial charge in [-0.25, -0.2) is 4.79 Å². The number of esters is 1. The summed E-state index contributed by atoms with van der Waals surface area (Å²) in [5.74, 6) is 0.147. The van der Waals surface area contributed by atoms with E-state index >= 15 is 0 Å². The zero-order chi connectivity index (χ0) is 21.1. The minimum atomic E-state index is -0.364. The third-order valence-electron chi connectivity index (χ3n) is 4.98. The van der Waals surface area contributed by atoms with E-state index in [4.69, 9.17) is 4.74 Å². The quantitative estimate of drug-likeness (QED) is 0.309. The number of rotatable bonds is 6. The van der Waals surface area contributed by atoms with Gasteiger partial charge in [0.25, 0.3) is 0 Å². The molecular weight excluding hydrogens is 382 g/mol. The van der Waals surface area contributed by atoms with Crippen LogP contribution in [0, 0.1) is 27.7 Å². The highest BCUT2D eigenvalue weighted by Gasteiger charge is 2.17. The van der Waals surface area contributed by atoms with Crippen LogP contribution in [0.1, 0.15) is 43.2 Å². The summed E-state index contributed by atoms with van der Waals surface area (Å²) in [5, 5.41) is 0. The number of ether oxygens (including phenoxy) is 1. The molecule has 0 unspecified atom stereocenters. The summed E-state index contributed by atoms with van der Waals surface area (Å²) in [5.41, 5.74) is 6.41. The van der Waals surface area contributed by atoms with Gasteiger partial charge in [0.05, 0.1) is 18.4 Å². The largest absolute Gasteiger partial charge is 0.465 e. The Morgan fingerprint density at radius 2 is 1.66 bits per heavy atom. The van der Waals surface area contributed by atoms with Gasteiger partial charge in [-0.05, 0) is 69.7 Å². The van der Waals surface area contributed by atoms with Crippen molar-refractivity contribution in [2.45, 2.75) is 32.6 Å². The van der Waals surface area contributed by atoms with Crippen LogP contribution in [0.4, 0.5) is 0 Å². The number of thioether (sulfide) groups is 1. The summed E-state index contributed by atoms with van der Waals surface area (Å²) in [7, 11) is 1.37. The number of carbonyl (C=O) groups is 2. The second kappa shape index (κ2) is 8.70. The van der Waals surface area contributed by atoms with E-state index in [1.807, 2.05) is 36.6 Å². The van der Waals surface area contributed by atoms with E-state index in [1.54, 1.807) is 23.9 Å². The van der Waals surface area contributed by atoms with Gasteiger partial charge in [-0.1, -0.05) is 17.7 Å². The maximum atomic E-state index is 12.9. The summed E-state index contributed by atoms with van der Waals surface area (Å²) in [6, 6.07) is 15.4. The SMILES string of the molecule is COC(=O)c1ccc(-n2c(C)cc(C(=O)CSc3cc(C)ccc3C)c2C)cc1. The number of hydrogen-bond acceptors (Lipinski definition) is 4. The molecule has 5 heteroatoms. The van der Waals surface area contributed by atoms with Crippen LogP contribution in [0.5, 0.6) is 0 Å². The molecule has 0 amide bonds. The summed E-state index contributed by atoms with van der Waals surface area (Å²) < 4.78 is 6.79. The molecule has 150 valence electrons. The molecule has 1 heterocycles. The minimum absolute atomic E-state index is 0.112. The fourth-order valence-electron chi connectivity index (χ4n) is 3.39. The minimum Gasteiger partial charge on any atom is -0.465 e. The normalized spacial score (nSPS) is 10.8. The van der Waals surface area contributed by atoms with Crippen molar-refractivity contribution < 1.29 is 14.3 Å². The Balaban J connectivity index is 1.82. The molecule has 0 aliphatic rings. The van der Waals surface area contributed by atoms with Crippen LogP contribution in [0.25, 0.3) is 5.69 Å². The number of aromatic nitrogens is 1. The molecule has 0 aliphatic heterocycles. The van der Waals surface area contributed by atoms with Gasteiger partial charge >= 0.3 is 5.97 Å². The van der Waals surface area contributed by atoms with Gasteiger partial charge < -0.3 is 9.30 Å². The molecule has 3 aromatic rings. The van der Waals surface area contributed by atoms with Crippen molar-refractivity contribution in [3.05, 3.63) is 82.2 Å². The molecule has 0 aliphatic carbocycles. The maximum Gasteiger partial charge on any atom is 0.337 e. The molecule has 1 aromatic heterocycles. The smallest absolute Gasteiger partial charge is 0.337 e. The lowest BCUT2D eigenvalue weighted by Crippen LogP contribution is -2.06. The van der Waals surface area contributed by atoms with E-state index in [2.05, 4.69) is 32.0 Å². The van der Waals surface area contributed by atoms with E-state index in [1.165, 1.54) is 18.2 Å². The van der Waals surface area contributed by atoms with Crippen LogP contribution in [0.3, 0.4) is 0 Å². The van der Waals surface area contributed by atoms with Gasteiger partial charge in [-0.2, -0.15) is 0 Å². The number of Topliss-reactive ketones (excluding diaryl/α,β-unsaturated/α-hetero) is 1. The Labute approximate surface area is 175 Å². The van der Waals surface area contributed by atoms with Crippen LogP contribution in [-0.4, -0.2) is 29.2 Å². The average Bonchev–Trinajstić information content (AvgIpc) is 3.02. The average molecular weight is 408 g/mol. The lowest BCUT2D eigenvalue weighted by atomic mass is 10.1. The maximum absolute atomic E-state index is 12.9. The topological polar surface area (TPSA) is 48.3 Å². The summed E-state index contributed by atoms with van der Waals surface area (Å²) in [6.45, 7) is 8.06. The highest BCUT2D eigenvalue weighted by Crippen LogP contribution is 2.27. The molecule has 3 rings (SSSR count). The van der Waals surface area contributed by atoms with Crippen LogP contribution in [-0.2, 0) is 4.74 Å². The fourth-order valence-corrected chi connectivity index (χ4v) is 4.40. The molecule has 0 fully saturated rings. The zero-order valence-electron chi connectivity index (χ0n) is 17.4. The first-order valence-electron chi connectivity index (χ1n) is 9.42. The standard InChI is InChI=1S/C24H25NO3S/c1-15-6-7-16(2)23(12-15)29-14-22(26)21-13-17(3)25(18(21)4)20-10-8-19(9-11-20)24(27)28-5/h6-13H,14H2,1-5H3. The van der Waals surface area contributed by atoms with Gasteiger partial charge in [0.2, 0.25) is 0 Å². The van der Waals surface area contributed by atoms with E-state index in [-0.39, 0.29) is 11.8 Å². The second-order valence-corrected chi connectivity index (χ2v) is 8.16. The van der Waals surface area contributed by atoms with E-state index in [9.17, 15) is 9.59 Å². The number of nitrogens with zero attached hydrogens (tertiary/aromatic N) is 1. The van der Waals surface area contributed by atoms with Crippen molar-refractivity contribution in [2.75, 3.05) is 12.9 Å². The zero-order valence-corrected chi connectivity index (χ0v) is 18.2. The van der Waals surface area contributed by atoms with Crippen LogP contribution >= 0.6 is 11.8 Å². The van der Waals surface area contributed by atoms with E-state index in [0.29, 0.717) is 11.3 Å². The Morgan fingerprint density at radius 1 is 0.966 bits per heavy atom. The lowest BCUT2D eigenvalue weighted by Gasteiger charge is -2.11. The third-order valence-corrected chi connectivity index (χ3v) is 6.14. The van der Waals surface area contributed by atoms with Crippen molar-refractivity contribution in [2.24, 2.45) is 0 Å². The van der Waals surface area contributed by atoms with Crippen molar-refractivity contribution in [1.82, 2.24) is 4.57 Å². The highest BCUT2D eigenvalue weighted by molar-refractivity contribution is 8.00. The van der Waals surface area contributed by atoms with E-state index in [0.717, 1.165) is 27.5 Å². The van der Waals surface area contributed by atoms with Gasteiger partial charge in [-0.3, -0.25) is 4.79 Å². The first-order valence-corrected chi connectivity index (χ1v) is 10.4. The summed E-state index contributed by atoms with van der Waals surface area (Å²) >= 11 is 1.58. The molecule has 0 bridgehead atoms. The molecule has 0 saturated carbocycles. The van der Waals surface area contributed by atoms with Crippen LogP contribution in [0.15, 0.2) is 53.4 Å². The summed E-state index contributed by atoms with van der Waals surface area (Å²) in [4.78, 5) is 25.7. The predicted molar refractivity (Wildman–Crippen MR) is 118 cm³/mol. The molecular formula is C24H25NO3S. The van der Waals surface area contributed by atoms with Gasteiger partial charge in [0.1, 0.15) is 0 Å². The molecule has 4 nitrogen and oxygen atoms in total. The first kappa shape index (κ1) is 20.9. The molecule has 0 saturated heterocycles. The Morgan fingerprint density at radius 3 is 2.31 bits per heavy atom. The number of ketones is 1. The van der Waals surface area contributed by atoms with Crippen molar-refractivity contribution in [3.63, 3.8) is 0 Å².